The van der Waals surface area contributed by atoms with Crippen LogP contribution in [0.2, 0.25) is 0 Å². The van der Waals surface area contributed by atoms with Crippen molar-refractivity contribution in [1.29, 1.82) is 0 Å². The molecule has 0 spiro atoms. The highest BCUT2D eigenvalue weighted by atomic mass is 16.5. The summed E-state index contributed by atoms with van der Waals surface area (Å²) in [6.07, 6.45) is 3.99. The van der Waals surface area contributed by atoms with Crippen molar-refractivity contribution in [3.05, 3.63) is 29.8 Å². The maximum Gasteiger partial charge on any atom is 0.118 e. The van der Waals surface area contributed by atoms with Crippen LogP contribution >= 0.6 is 0 Å². The number of ether oxygens (including phenoxy) is 1. The SMILES string of the molecule is COc1ccc(CCN2CC(C3CC3)NCC2C)cc1. The highest BCUT2D eigenvalue weighted by Gasteiger charge is 2.35. The molecule has 2 fully saturated rings. The molecule has 2 aliphatic rings. The minimum absolute atomic E-state index is 0.656. The molecule has 2 unspecified atom stereocenters. The lowest BCUT2D eigenvalue weighted by molar-refractivity contribution is 0.134. The summed E-state index contributed by atoms with van der Waals surface area (Å²) in [4.78, 5) is 2.66. The van der Waals surface area contributed by atoms with Crippen LogP contribution in [0.3, 0.4) is 0 Å². The molecular formula is C17H26N2O. The van der Waals surface area contributed by atoms with E-state index >= 15 is 0 Å². The van der Waals surface area contributed by atoms with Crippen molar-refractivity contribution < 1.29 is 4.74 Å². The standard InChI is InChI=1S/C17H26N2O/c1-13-11-18-17(15-5-6-15)12-19(13)10-9-14-3-7-16(20-2)8-4-14/h3-4,7-8,13,15,17-18H,5-6,9-12H2,1-2H3. The van der Waals surface area contributed by atoms with E-state index in [1.165, 1.54) is 31.5 Å². The van der Waals surface area contributed by atoms with E-state index in [-0.39, 0.29) is 0 Å². The lowest BCUT2D eigenvalue weighted by atomic mass is 10.0. The van der Waals surface area contributed by atoms with Gasteiger partial charge in [-0.05, 0) is 49.8 Å². The highest BCUT2D eigenvalue weighted by Crippen LogP contribution is 2.34. The average molecular weight is 274 g/mol. The molecule has 1 saturated heterocycles. The van der Waals surface area contributed by atoms with Gasteiger partial charge in [-0.2, -0.15) is 0 Å². The van der Waals surface area contributed by atoms with Gasteiger partial charge in [-0.15, -0.1) is 0 Å². The number of nitrogens with zero attached hydrogens (tertiary/aromatic N) is 1. The Morgan fingerprint density at radius 1 is 1.25 bits per heavy atom. The third kappa shape index (κ3) is 3.33. The molecule has 1 heterocycles. The summed E-state index contributed by atoms with van der Waals surface area (Å²) in [7, 11) is 1.72. The first-order chi connectivity index (χ1) is 9.76. The second kappa shape index (κ2) is 6.15. The molecule has 1 N–H and O–H groups in total. The maximum atomic E-state index is 5.21. The number of hydrogen-bond donors (Lipinski definition) is 1. The van der Waals surface area contributed by atoms with Crippen molar-refractivity contribution >= 4 is 0 Å². The minimum atomic E-state index is 0.656. The van der Waals surface area contributed by atoms with Gasteiger partial charge in [-0.3, -0.25) is 4.90 Å². The second-order valence-electron chi connectivity index (χ2n) is 6.29. The zero-order valence-electron chi connectivity index (χ0n) is 12.6. The summed E-state index contributed by atoms with van der Waals surface area (Å²) in [6.45, 7) is 5.87. The van der Waals surface area contributed by atoms with E-state index in [1.54, 1.807) is 7.11 Å². The molecule has 0 radical (unpaired) electrons. The molecule has 1 aliphatic carbocycles. The minimum Gasteiger partial charge on any atom is -0.497 e. The predicted octanol–water partition coefficient (Wildman–Crippen LogP) is 2.31. The Morgan fingerprint density at radius 3 is 2.65 bits per heavy atom. The zero-order valence-corrected chi connectivity index (χ0v) is 12.6. The number of piperazine rings is 1. The fraction of sp³-hybridized carbons (Fsp3) is 0.647. The van der Waals surface area contributed by atoms with Crippen molar-refractivity contribution in [1.82, 2.24) is 10.2 Å². The van der Waals surface area contributed by atoms with Crippen LogP contribution in [-0.4, -0.2) is 43.7 Å². The molecule has 2 atom stereocenters. The fourth-order valence-electron chi connectivity index (χ4n) is 3.14. The van der Waals surface area contributed by atoms with E-state index in [1.807, 2.05) is 0 Å². The fourth-order valence-corrected chi connectivity index (χ4v) is 3.14. The molecule has 3 heteroatoms. The first-order valence-electron chi connectivity index (χ1n) is 7.86. The predicted molar refractivity (Wildman–Crippen MR) is 82.2 cm³/mol. The average Bonchev–Trinajstić information content (AvgIpc) is 3.32. The molecule has 1 aromatic rings. The highest BCUT2D eigenvalue weighted by molar-refractivity contribution is 5.27. The van der Waals surface area contributed by atoms with Gasteiger partial charge in [0.05, 0.1) is 7.11 Å². The van der Waals surface area contributed by atoms with Gasteiger partial charge >= 0.3 is 0 Å². The van der Waals surface area contributed by atoms with Crippen LogP contribution in [0.4, 0.5) is 0 Å². The molecule has 0 amide bonds. The Kier molecular flexibility index (Phi) is 4.27. The topological polar surface area (TPSA) is 24.5 Å². The molecule has 1 aromatic carbocycles. The molecule has 3 nitrogen and oxygen atoms in total. The molecule has 3 rings (SSSR count). The van der Waals surface area contributed by atoms with Crippen LogP contribution in [0.15, 0.2) is 24.3 Å². The van der Waals surface area contributed by atoms with E-state index in [9.17, 15) is 0 Å². The zero-order chi connectivity index (χ0) is 13.9. The van der Waals surface area contributed by atoms with Crippen molar-refractivity contribution in [2.24, 2.45) is 5.92 Å². The van der Waals surface area contributed by atoms with Crippen LogP contribution in [0, 0.1) is 5.92 Å². The normalized spacial score (nSPS) is 27.5. The summed E-state index contributed by atoms with van der Waals surface area (Å²) >= 11 is 0. The monoisotopic (exact) mass is 274 g/mol. The Balaban J connectivity index is 1.52. The van der Waals surface area contributed by atoms with Gasteiger partial charge in [-0.25, -0.2) is 0 Å². The van der Waals surface area contributed by atoms with Crippen molar-refractivity contribution in [2.45, 2.75) is 38.3 Å². The Morgan fingerprint density at radius 2 is 2.00 bits per heavy atom. The van der Waals surface area contributed by atoms with Crippen LogP contribution in [0.25, 0.3) is 0 Å². The molecule has 0 bridgehead atoms. The lowest BCUT2D eigenvalue weighted by Gasteiger charge is -2.39. The van der Waals surface area contributed by atoms with E-state index in [0.29, 0.717) is 6.04 Å². The van der Waals surface area contributed by atoms with Crippen molar-refractivity contribution in [2.75, 3.05) is 26.7 Å². The third-order valence-electron chi connectivity index (χ3n) is 4.77. The summed E-state index contributed by atoms with van der Waals surface area (Å²) < 4.78 is 5.21. The molecular weight excluding hydrogens is 248 g/mol. The summed E-state index contributed by atoms with van der Waals surface area (Å²) in [5, 5.41) is 3.72. The summed E-state index contributed by atoms with van der Waals surface area (Å²) in [5.41, 5.74) is 1.40. The largest absolute Gasteiger partial charge is 0.497 e. The second-order valence-corrected chi connectivity index (χ2v) is 6.29. The van der Waals surface area contributed by atoms with Gasteiger partial charge in [0.15, 0.2) is 0 Å². The Hall–Kier alpha value is -1.06. The Bertz CT molecular complexity index is 427. The number of benzene rings is 1. The van der Waals surface area contributed by atoms with Gasteiger partial charge in [0, 0.05) is 31.7 Å². The first-order valence-corrected chi connectivity index (χ1v) is 7.86. The van der Waals surface area contributed by atoms with E-state index in [0.717, 1.165) is 30.7 Å². The van der Waals surface area contributed by atoms with Crippen molar-refractivity contribution in [3.63, 3.8) is 0 Å². The van der Waals surface area contributed by atoms with E-state index in [4.69, 9.17) is 4.74 Å². The third-order valence-corrected chi connectivity index (χ3v) is 4.77. The van der Waals surface area contributed by atoms with Gasteiger partial charge in [-0.1, -0.05) is 12.1 Å². The van der Waals surface area contributed by atoms with Gasteiger partial charge in [0.25, 0.3) is 0 Å². The Labute approximate surface area is 122 Å². The molecule has 1 saturated carbocycles. The smallest absolute Gasteiger partial charge is 0.118 e. The van der Waals surface area contributed by atoms with Crippen LogP contribution < -0.4 is 10.1 Å². The number of hydrogen-bond acceptors (Lipinski definition) is 3. The number of rotatable bonds is 5. The van der Waals surface area contributed by atoms with Gasteiger partial charge in [0.2, 0.25) is 0 Å². The molecule has 1 aliphatic heterocycles. The van der Waals surface area contributed by atoms with Crippen LogP contribution in [-0.2, 0) is 6.42 Å². The lowest BCUT2D eigenvalue weighted by Crippen LogP contribution is -2.56. The first kappa shape index (κ1) is 13.9. The van der Waals surface area contributed by atoms with Crippen LogP contribution in [0.5, 0.6) is 5.75 Å². The van der Waals surface area contributed by atoms with Gasteiger partial charge < -0.3 is 10.1 Å². The van der Waals surface area contributed by atoms with Gasteiger partial charge in [0.1, 0.15) is 5.75 Å². The maximum absolute atomic E-state index is 5.21. The molecule has 0 aromatic heterocycles. The van der Waals surface area contributed by atoms with Crippen LogP contribution in [0.1, 0.15) is 25.3 Å². The molecule has 110 valence electrons. The molecule has 20 heavy (non-hydrogen) atoms. The number of methoxy groups -OCH3 is 1. The number of nitrogens with one attached hydrogen (secondary N) is 1. The summed E-state index contributed by atoms with van der Waals surface area (Å²) in [5.74, 6) is 1.89. The van der Waals surface area contributed by atoms with E-state index < -0.39 is 0 Å². The van der Waals surface area contributed by atoms with E-state index in [2.05, 4.69) is 41.4 Å². The van der Waals surface area contributed by atoms with Crippen molar-refractivity contribution in [3.8, 4) is 5.75 Å². The summed E-state index contributed by atoms with van der Waals surface area (Å²) in [6, 6.07) is 9.88. The quantitative estimate of drug-likeness (QED) is 0.892.